The SMILES string of the molecule is CN(CCC(=O)O)C(=O)c1ccc(NC(c2nn(C)c3ccccc23)C2CCCCC2)cc1. The predicted octanol–water partition coefficient (Wildman–Crippen LogP) is 4.85. The second-order valence-corrected chi connectivity index (χ2v) is 8.99. The molecule has 2 N–H and O–H groups in total. The van der Waals surface area contributed by atoms with Crippen molar-refractivity contribution in [3.8, 4) is 0 Å². The van der Waals surface area contributed by atoms with Gasteiger partial charge < -0.3 is 15.3 Å². The molecule has 1 heterocycles. The monoisotopic (exact) mass is 448 g/mol. The zero-order chi connectivity index (χ0) is 23.4. The summed E-state index contributed by atoms with van der Waals surface area (Å²) in [5.41, 5.74) is 3.70. The lowest BCUT2D eigenvalue weighted by atomic mass is 9.82. The van der Waals surface area contributed by atoms with Gasteiger partial charge in [-0.05, 0) is 49.1 Å². The maximum Gasteiger partial charge on any atom is 0.305 e. The molecule has 7 heteroatoms. The fraction of sp³-hybridized carbons (Fsp3) is 0.423. The van der Waals surface area contributed by atoms with Crippen molar-refractivity contribution in [3.05, 3.63) is 59.8 Å². The number of amides is 1. The summed E-state index contributed by atoms with van der Waals surface area (Å²) >= 11 is 0. The van der Waals surface area contributed by atoms with E-state index in [2.05, 4.69) is 23.5 Å². The van der Waals surface area contributed by atoms with Crippen LogP contribution in [0.2, 0.25) is 0 Å². The highest BCUT2D eigenvalue weighted by atomic mass is 16.4. The maximum absolute atomic E-state index is 12.6. The zero-order valence-electron chi connectivity index (χ0n) is 19.3. The highest BCUT2D eigenvalue weighted by molar-refractivity contribution is 5.94. The van der Waals surface area contributed by atoms with E-state index in [4.69, 9.17) is 10.2 Å². The minimum absolute atomic E-state index is 0.0665. The van der Waals surface area contributed by atoms with Crippen LogP contribution in [0.1, 0.15) is 60.6 Å². The van der Waals surface area contributed by atoms with Gasteiger partial charge in [-0.1, -0.05) is 37.5 Å². The molecule has 2 aromatic carbocycles. The molecule has 0 aliphatic heterocycles. The van der Waals surface area contributed by atoms with Crippen molar-refractivity contribution in [2.24, 2.45) is 13.0 Å². The molecule has 0 radical (unpaired) electrons. The van der Waals surface area contributed by atoms with Crippen LogP contribution in [-0.4, -0.2) is 45.3 Å². The number of carboxylic acids is 1. The Morgan fingerprint density at radius 3 is 2.52 bits per heavy atom. The van der Waals surface area contributed by atoms with Crippen LogP contribution in [0.3, 0.4) is 0 Å². The van der Waals surface area contributed by atoms with Crippen molar-refractivity contribution in [1.82, 2.24) is 14.7 Å². The van der Waals surface area contributed by atoms with Gasteiger partial charge in [0, 0.05) is 37.3 Å². The predicted molar refractivity (Wildman–Crippen MR) is 129 cm³/mol. The summed E-state index contributed by atoms with van der Waals surface area (Å²) < 4.78 is 1.96. The fourth-order valence-electron chi connectivity index (χ4n) is 4.82. The van der Waals surface area contributed by atoms with Crippen molar-refractivity contribution in [3.63, 3.8) is 0 Å². The summed E-state index contributed by atoms with van der Waals surface area (Å²) in [4.78, 5) is 24.8. The van der Waals surface area contributed by atoms with E-state index < -0.39 is 5.97 Å². The van der Waals surface area contributed by atoms with Gasteiger partial charge in [0.15, 0.2) is 0 Å². The summed E-state index contributed by atoms with van der Waals surface area (Å²) in [6, 6.07) is 15.9. The van der Waals surface area contributed by atoms with E-state index in [1.807, 2.05) is 29.9 Å². The van der Waals surface area contributed by atoms with Crippen molar-refractivity contribution in [2.75, 3.05) is 18.9 Å². The first-order valence-electron chi connectivity index (χ1n) is 11.7. The number of hydrogen-bond acceptors (Lipinski definition) is 4. The highest BCUT2D eigenvalue weighted by Crippen LogP contribution is 2.38. The molecule has 7 nitrogen and oxygen atoms in total. The molecule has 0 saturated heterocycles. The van der Waals surface area contributed by atoms with E-state index in [1.54, 1.807) is 19.2 Å². The fourth-order valence-corrected chi connectivity index (χ4v) is 4.82. The number of aliphatic carboxylic acids is 1. The Balaban J connectivity index is 1.56. The standard InChI is InChI=1S/C26H32N4O3/c1-29(17-16-23(31)32)26(33)19-12-14-20(15-13-19)27-24(18-8-4-3-5-9-18)25-21-10-6-7-11-22(21)30(2)28-25/h6-7,10-15,18,24,27H,3-5,8-9,16-17H2,1-2H3,(H,31,32). The number of rotatable bonds is 8. The minimum atomic E-state index is -0.912. The molecule has 3 aromatic rings. The van der Waals surface area contributed by atoms with Crippen LogP contribution in [0.25, 0.3) is 10.9 Å². The molecule has 0 bridgehead atoms. The van der Waals surface area contributed by atoms with Gasteiger partial charge in [-0.15, -0.1) is 0 Å². The van der Waals surface area contributed by atoms with Crippen LogP contribution >= 0.6 is 0 Å². The lowest BCUT2D eigenvalue weighted by Crippen LogP contribution is -2.29. The first-order valence-corrected chi connectivity index (χ1v) is 11.7. The molecule has 1 atom stereocenters. The summed E-state index contributed by atoms with van der Waals surface area (Å²) in [6.45, 7) is 0.185. The van der Waals surface area contributed by atoms with E-state index in [1.165, 1.54) is 42.4 Å². The number of anilines is 1. The average Bonchev–Trinajstić information content (AvgIpc) is 3.17. The first-order chi connectivity index (χ1) is 15.9. The maximum atomic E-state index is 12.6. The number of fused-ring (bicyclic) bond motifs is 1. The molecule has 1 aromatic heterocycles. The van der Waals surface area contributed by atoms with Gasteiger partial charge in [0.05, 0.1) is 23.7 Å². The second kappa shape index (κ2) is 10.1. The molecule has 1 unspecified atom stereocenters. The van der Waals surface area contributed by atoms with Crippen molar-refractivity contribution < 1.29 is 14.7 Å². The number of nitrogens with one attached hydrogen (secondary N) is 1. The molecule has 1 saturated carbocycles. The molecule has 4 rings (SSSR count). The molecule has 1 amide bonds. The Morgan fingerprint density at radius 1 is 1.12 bits per heavy atom. The van der Waals surface area contributed by atoms with Crippen molar-refractivity contribution in [1.29, 1.82) is 0 Å². The third-order valence-electron chi connectivity index (χ3n) is 6.66. The van der Waals surface area contributed by atoms with Gasteiger partial charge in [0.25, 0.3) is 5.91 Å². The summed E-state index contributed by atoms with van der Waals surface area (Å²) in [5, 5.41) is 18.7. The van der Waals surface area contributed by atoms with E-state index in [0.29, 0.717) is 11.5 Å². The van der Waals surface area contributed by atoms with Crippen LogP contribution < -0.4 is 5.32 Å². The van der Waals surface area contributed by atoms with Gasteiger partial charge in [0.1, 0.15) is 0 Å². The number of carboxylic acid groups (broad SMARTS) is 1. The normalized spacial score (nSPS) is 15.3. The molecule has 1 aliphatic rings. The number of para-hydroxylation sites is 1. The molecular formula is C26H32N4O3. The van der Waals surface area contributed by atoms with Crippen molar-refractivity contribution >= 4 is 28.5 Å². The zero-order valence-corrected chi connectivity index (χ0v) is 19.3. The van der Waals surface area contributed by atoms with Gasteiger partial charge in [-0.2, -0.15) is 5.10 Å². The molecule has 1 fully saturated rings. The molecule has 1 aliphatic carbocycles. The van der Waals surface area contributed by atoms with Crippen LogP contribution in [0.5, 0.6) is 0 Å². The van der Waals surface area contributed by atoms with Gasteiger partial charge in [0.2, 0.25) is 0 Å². The number of hydrogen-bond donors (Lipinski definition) is 2. The third-order valence-corrected chi connectivity index (χ3v) is 6.66. The smallest absolute Gasteiger partial charge is 0.305 e. The van der Waals surface area contributed by atoms with Crippen LogP contribution in [-0.2, 0) is 11.8 Å². The van der Waals surface area contributed by atoms with E-state index in [9.17, 15) is 9.59 Å². The average molecular weight is 449 g/mol. The quantitative estimate of drug-likeness (QED) is 0.514. The largest absolute Gasteiger partial charge is 0.481 e. The molecule has 0 spiro atoms. The Hall–Kier alpha value is -3.35. The first kappa shape index (κ1) is 22.8. The number of benzene rings is 2. The highest BCUT2D eigenvalue weighted by Gasteiger charge is 2.29. The lowest BCUT2D eigenvalue weighted by Gasteiger charge is -2.31. The van der Waals surface area contributed by atoms with E-state index in [-0.39, 0.29) is 24.9 Å². The second-order valence-electron chi connectivity index (χ2n) is 8.99. The van der Waals surface area contributed by atoms with Gasteiger partial charge in [-0.3, -0.25) is 14.3 Å². The van der Waals surface area contributed by atoms with Gasteiger partial charge in [-0.25, -0.2) is 0 Å². The topological polar surface area (TPSA) is 87.5 Å². The molecule has 33 heavy (non-hydrogen) atoms. The van der Waals surface area contributed by atoms with Crippen LogP contribution in [0.15, 0.2) is 48.5 Å². The Labute approximate surface area is 194 Å². The summed E-state index contributed by atoms with van der Waals surface area (Å²) in [6.07, 6.45) is 6.05. The third kappa shape index (κ3) is 5.18. The minimum Gasteiger partial charge on any atom is -0.481 e. The number of carbonyl (C=O) groups is 2. The summed E-state index contributed by atoms with van der Waals surface area (Å²) in [5.74, 6) is -0.590. The number of nitrogens with zero attached hydrogens (tertiary/aromatic N) is 3. The molecular weight excluding hydrogens is 416 g/mol. The summed E-state index contributed by atoms with van der Waals surface area (Å²) in [7, 11) is 3.62. The van der Waals surface area contributed by atoms with E-state index in [0.717, 1.165) is 16.9 Å². The van der Waals surface area contributed by atoms with Crippen molar-refractivity contribution in [2.45, 2.75) is 44.6 Å². The van der Waals surface area contributed by atoms with Gasteiger partial charge >= 0.3 is 5.97 Å². The van der Waals surface area contributed by atoms with E-state index >= 15 is 0 Å². The number of carbonyl (C=O) groups excluding carboxylic acids is 1. The number of aromatic nitrogens is 2. The molecule has 174 valence electrons. The van der Waals surface area contributed by atoms with Crippen LogP contribution in [0.4, 0.5) is 5.69 Å². The Kier molecular flexibility index (Phi) is 6.96. The Morgan fingerprint density at radius 2 is 1.82 bits per heavy atom. The lowest BCUT2D eigenvalue weighted by molar-refractivity contribution is -0.137. The Bertz CT molecular complexity index is 1120. The number of aryl methyl sites for hydroxylation is 1. The van der Waals surface area contributed by atoms with Crippen LogP contribution in [0, 0.1) is 5.92 Å².